The molecule has 0 atom stereocenters. The third-order valence-corrected chi connectivity index (χ3v) is 5.25. The topological polar surface area (TPSA) is 52.7 Å². The highest BCUT2D eigenvalue weighted by atomic mass is 35.5. The molecule has 0 amide bonds. The van der Waals surface area contributed by atoms with Crippen LogP contribution in [0.2, 0.25) is 5.02 Å². The van der Waals surface area contributed by atoms with Crippen LogP contribution in [0.25, 0.3) is 27.8 Å². The van der Waals surface area contributed by atoms with Crippen molar-refractivity contribution in [2.24, 2.45) is 0 Å². The van der Waals surface area contributed by atoms with Gasteiger partial charge in [0.2, 0.25) is 0 Å². The summed E-state index contributed by atoms with van der Waals surface area (Å²) in [4.78, 5) is 17.4. The van der Waals surface area contributed by atoms with Crippen molar-refractivity contribution in [1.82, 2.24) is 19.3 Å². The van der Waals surface area contributed by atoms with Crippen molar-refractivity contribution < 1.29 is 0 Å². The minimum Gasteiger partial charge on any atom is -0.294 e. The van der Waals surface area contributed by atoms with E-state index in [0.29, 0.717) is 22.5 Å². The summed E-state index contributed by atoms with van der Waals surface area (Å²) >= 11 is 6.07. The number of para-hydroxylation sites is 2. The van der Waals surface area contributed by atoms with Crippen LogP contribution in [0.1, 0.15) is 5.56 Å². The van der Waals surface area contributed by atoms with Crippen LogP contribution in [0, 0.1) is 0 Å². The molecule has 5 aromatic rings. The molecular formula is C24H17ClN4O. The molecule has 0 saturated heterocycles. The average molecular weight is 413 g/mol. The average Bonchev–Trinajstić information content (AvgIpc) is 3.21. The van der Waals surface area contributed by atoms with Gasteiger partial charge in [0, 0.05) is 22.3 Å². The quantitative estimate of drug-likeness (QED) is 0.419. The second kappa shape index (κ2) is 7.61. The van der Waals surface area contributed by atoms with Crippen LogP contribution >= 0.6 is 11.6 Å². The van der Waals surface area contributed by atoms with E-state index < -0.39 is 0 Å². The Morgan fingerprint density at radius 1 is 0.867 bits per heavy atom. The summed E-state index contributed by atoms with van der Waals surface area (Å²) in [5.41, 5.74) is 4.22. The first kappa shape index (κ1) is 18.3. The van der Waals surface area contributed by atoms with Crippen LogP contribution in [0.15, 0.2) is 96.2 Å². The molecule has 0 aliphatic heterocycles. The number of benzene rings is 3. The predicted octanol–water partition coefficient (Wildman–Crippen LogP) is 4.95. The molecule has 0 aliphatic carbocycles. The maximum absolute atomic E-state index is 13.0. The van der Waals surface area contributed by atoms with E-state index in [9.17, 15) is 4.79 Å². The number of rotatable bonds is 4. The standard InChI is InChI=1S/C24H17ClN4O/c25-19-12-10-17(11-13-19)23-18(15-29(27-23)20-6-2-1-3-7-20)14-28-16-26-22-9-5-4-8-21(22)24(28)30/h1-13,15-16H,14H2. The van der Waals surface area contributed by atoms with Gasteiger partial charge in [0.05, 0.1) is 35.2 Å². The van der Waals surface area contributed by atoms with Gasteiger partial charge in [0.1, 0.15) is 0 Å². The Balaban J connectivity index is 1.63. The third-order valence-electron chi connectivity index (χ3n) is 5.00. The van der Waals surface area contributed by atoms with Crippen LogP contribution in [-0.2, 0) is 6.54 Å². The van der Waals surface area contributed by atoms with Crippen molar-refractivity contribution in [3.8, 4) is 16.9 Å². The molecule has 0 saturated carbocycles. The summed E-state index contributed by atoms with van der Waals surface area (Å²) in [7, 11) is 0. The van der Waals surface area contributed by atoms with Crippen molar-refractivity contribution in [3.05, 3.63) is 112 Å². The first-order valence-electron chi connectivity index (χ1n) is 9.53. The minimum atomic E-state index is -0.0740. The Bertz CT molecular complexity index is 1390. The van der Waals surface area contributed by atoms with Gasteiger partial charge in [-0.25, -0.2) is 9.67 Å². The molecule has 0 spiro atoms. The molecule has 5 rings (SSSR count). The molecule has 146 valence electrons. The monoisotopic (exact) mass is 412 g/mol. The van der Waals surface area contributed by atoms with E-state index in [2.05, 4.69) is 4.98 Å². The molecule has 2 heterocycles. The summed E-state index contributed by atoms with van der Waals surface area (Å²) in [5, 5.41) is 6.07. The maximum Gasteiger partial charge on any atom is 0.261 e. The Morgan fingerprint density at radius 3 is 2.40 bits per heavy atom. The van der Waals surface area contributed by atoms with Gasteiger partial charge in [-0.3, -0.25) is 9.36 Å². The van der Waals surface area contributed by atoms with E-state index in [1.54, 1.807) is 17.0 Å². The molecule has 5 nitrogen and oxygen atoms in total. The van der Waals surface area contributed by atoms with Crippen LogP contribution < -0.4 is 5.56 Å². The number of aromatic nitrogens is 4. The number of nitrogens with zero attached hydrogens (tertiary/aromatic N) is 4. The zero-order chi connectivity index (χ0) is 20.5. The van der Waals surface area contributed by atoms with Gasteiger partial charge in [0.25, 0.3) is 5.56 Å². The van der Waals surface area contributed by atoms with Crippen LogP contribution in [-0.4, -0.2) is 19.3 Å². The molecule has 0 unspecified atom stereocenters. The van der Waals surface area contributed by atoms with Gasteiger partial charge in [-0.05, 0) is 36.4 Å². The number of halogens is 1. The van der Waals surface area contributed by atoms with Crippen molar-refractivity contribution in [2.75, 3.05) is 0 Å². The van der Waals surface area contributed by atoms with E-state index in [1.165, 1.54) is 0 Å². The predicted molar refractivity (Wildman–Crippen MR) is 119 cm³/mol. The second-order valence-electron chi connectivity index (χ2n) is 6.98. The lowest BCUT2D eigenvalue weighted by molar-refractivity contribution is 0.749. The van der Waals surface area contributed by atoms with E-state index in [0.717, 1.165) is 22.5 Å². The first-order valence-corrected chi connectivity index (χ1v) is 9.91. The molecule has 0 N–H and O–H groups in total. The van der Waals surface area contributed by atoms with Crippen molar-refractivity contribution in [2.45, 2.75) is 6.54 Å². The maximum atomic E-state index is 13.0. The lowest BCUT2D eigenvalue weighted by atomic mass is 10.1. The molecular weight excluding hydrogens is 396 g/mol. The molecule has 0 aliphatic rings. The fourth-order valence-corrected chi connectivity index (χ4v) is 3.62. The van der Waals surface area contributed by atoms with Crippen molar-refractivity contribution in [1.29, 1.82) is 0 Å². The van der Waals surface area contributed by atoms with E-state index in [1.807, 2.05) is 83.7 Å². The summed E-state index contributed by atoms with van der Waals surface area (Å²) in [6, 6.07) is 24.8. The molecule has 0 radical (unpaired) electrons. The van der Waals surface area contributed by atoms with Crippen LogP contribution in [0.4, 0.5) is 0 Å². The Labute approximate surface area is 177 Å². The first-order chi connectivity index (χ1) is 14.7. The zero-order valence-electron chi connectivity index (χ0n) is 15.9. The lowest BCUT2D eigenvalue weighted by Gasteiger charge is -2.07. The van der Waals surface area contributed by atoms with Gasteiger partial charge in [-0.2, -0.15) is 5.10 Å². The van der Waals surface area contributed by atoms with Crippen LogP contribution in [0.3, 0.4) is 0 Å². The second-order valence-corrected chi connectivity index (χ2v) is 7.42. The van der Waals surface area contributed by atoms with E-state index >= 15 is 0 Å². The number of hydrogen-bond donors (Lipinski definition) is 0. The van der Waals surface area contributed by atoms with Crippen molar-refractivity contribution in [3.63, 3.8) is 0 Å². The molecule has 0 bridgehead atoms. The summed E-state index contributed by atoms with van der Waals surface area (Å²) in [5.74, 6) is 0. The van der Waals surface area contributed by atoms with Gasteiger partial charge >= 0.3 is 0 Å². The van der Waals surface area contributed by atoms with Gasteiger partial charge in [-0.15, -0.1) is 0 Å². The minimum absolute atomic E-state index is 0.0740. The molecule has 2 aromatic heterocycles. The lowest BCUT2D eigenvalue weighted by Crippen LogP contribution is -2.21. The summed E-state index contributed by atoms with van der Waals surface area (Å²) in [6.07, 6.45) is 3.55. The summed E-state index contributed by atoms with van der Waals surface area (Å²) in [6.45, 7) is 0.363. The SMILES string of the molecule is O=c1c2ccccc2ncn1Cc1cn(-c2ccccc2)nc1-c1ccc(Cl)cc1. The Kier molecular flexibility index (Phi) is 4.65. The van der Waals surface area contributed by atoms with Crippen molar-refractivity contribution >= 4 is 22.5 Å². The smallest absolute Gasteiger partial charge is 0.261 e. The van der Waals surface area contributed by atoms with Gasteiger partial charge in [0.15, 0.2) is 0 Å². The summed E-state index contributed by atoms with van der Waals surface area (Å²) < 4.78 is 3.45. The largest absolute Gasteiger partial charge is 0.294 e. The number of fused-ring (bicyclic) bond motifs is 1. The van der Waals surface area contributed by atoms with Crippen LogP contribution in [0.5, 0.6) is 0 Å². The fraction of sp³-hybridized carbons (Fsp3) is 0.0417. The molecule has 0 fully saturated rings. The highest BCUT2D eigenvalue weighted by Gasteiger charge is 2.14. The van der Waals surface area contributed by atoms with E-state index in [4.69, 9.17) is 16.7 Å². The highest BCUT2D eigenvalue weighted by Crippen LogP contribution is 2.26. The van der Waals surface area contributed by atoms with E-state index in [-0.39, 0.29) is 5.56 Å². The Hall–Kier alpha value is -3.70. The third kappa shape index (κ3) is 3.40. The molecule has 30 heavy (non-hydrogen) atoms. The number of hydrogen-bond acceptors (Lipinski definition) is 3. The Morgan fingerprint density at radius 2 is 1.60 bits per heavy atom. The van der Waals surface area contributed by atoms with Gasteiger partial charge < -0.3 is 0 Å². The molecule has 6 heteroatoms. The molecule has 3 aromatic carbocycles. The fourth-order valence-electron chi connectivity index (χ4n) is 3.49. The van der Waals surface area contributed by atoms with Gasteiger partial charge in [-0.1, -0.05) is 54.1 Å². The highest BCUT2D eigenvalue weighted by molar-refractivity contribution is 6.30. The zero-order valence-corrected chi connectivity index (χ0v) is 16.7. The normalized spacial score (nSPS) is 11.1.